The van der Waals surface area contributed by atoms with E-state index in [1.165, 1.54) is 24.5 Å². The van der Waals surface area contributed by atoms with Gasteiger partial charge in [0.25, 0.3) is 0 Å². The molecular formula is C23H33N3O3S2. The van der Waals surface area contributed by atoms with Gasteiger partial charge in [0.2, 0.25) is 10.0 Å². The van der Waals surface area contributed by atoms with Gasteiger partial charge in [-0.3, -0.25) is 4.90 Å². The lowest BCUT2D eigenvalue weighted by Gasteiger charge is -2.36. The second-order valence-corrected chi connectivity index (χ2v) is 10.5. The average molecular weight is 464 g/mol. The van der Waals surface area contributed by atoms with Crippen LogP contribution in [0.15, 0.2) is 58.3 Å². The summed E-state index contributed by atoms with van der Waals surface area (Å²) >= 11 is 1.38. The van der Waals surface area contributed by atoms with Gasteiger partial charge in [-0.15, -0.1) is 11.8 Å². The summed E-state index contributed by atoms with van der Waals surface area (Å²) in [6, 6.07) is 15.7. The molecule has 8 heteroatoms. The van der Waals surface area contributed by atoms with E-state index in [0.29, 0.717) is 16.9 Å². The quantitative estimate of drug-likeness (QED) is 0.416. The summed E-state index contributed by atoms with van der Waals surface area (Å²) in [5, 5.41) is 10.6. The average Bonchev–Trinajstić information content (AvgIpc) is 2.82. The number of aliphatic hydroxyl groups is 1. The molecule has 0 bridgehead atoms. The summed E-state index contributed by atoms with van der Waals surface area (Å²) in [5.74, 6) is 0. The van der Waals surface area contributed by atoms with Gasteiger partial charge in [0, 0.05) is 36.8 Å². The predicted octanol–water partition coefficient (Wildman–Crippen LogP) is 3.34. The van der Waals surface area contributed by atoms with E-state index < -0.39 is 16.1 Å². The highest BCUT2D eigenvalue weighted by atomic mass is 32.2. The Bertz CT molecular complexity index is 930. The highest BCUT2D eigenvalue weighted by Gasteiger charge is 2.20. The molecule has 1 heterocycles. The monoisotopic (exact) mass is 463 g/mol. The van der Waals surface area contributed by atoms with Crippen molar-refractivity contribution in [2.75, 3.05) is 50.9 Å². The second-order valence-electron chi connectivity index (χ2n) is 7.79. The number of piperazine rings is 1. The highest BCUT2D eigenvalue weighted by molar-refractivity contribution is 7.99. The molecule has 0 amide bonds. The maximum atomic E-state index is 12.3. The molecule has 6 nitrogen and oxygen atoms in total. The van der Waals surface area contributed by atoms with E-state index >= 15 is 0 Å². The third kappa shape index (κ3) is 6.46. The van der Waals surface area contributed by atoms with E-state index in [2.05, 4.69) is 38.8 Å². The lowest BCUT2D eigenvalue weighted by atomic mass is 10.0. The van der Waals surface area contributed by atoms with Gasteiger partial charge in [0.15, 0.2) is 0 Å². The first-order valence-corrected chi connectivity index (χ1v) is 13.5. The number of rotatable bonds is 10. The number of nitrogens with one attached hydrogen (secondary N) is 1. The maximum Gasteiger partial charge on any atom is 0.241 e. The Hall–Kier alpha value is -1.58. The standard InChI is InChI=1S/C23H33N3O3S2/c1-24-31(28,29)23-18-19(11-12-22(23)30-2)21(27)10-6-7-13-25-14-16-26(17-15-25)20-8-4-3-5-9-20/h3-5,8-9,11-12,18,21,24,27H,6-7,10,13-17H2,1-2H3. The molecule has 0 saturated carbocycles. The Balaban J connectivity index is 1.45. The van der Waals surface area contributed by atoms with Crippen LogP contribution in [-0.2, 0) is 10.0 Å². The first kappa shape index (κ1) is 24.1. The Morgan fingerprint density at radius 3 is 2.42 bits per heavy atom. The minimum atomic E-state index is -3.55. The lowest BCUT2D eigenvalue weighted by molar-refractivity contribution is 0.159. The fraction of sp³-hybridized carbons (Fsp3) is 0.478. The topological polar surface area (TPSA) is 72.9 Å². The van der Waals surface area contributed by atoms with Crippen LogP contribution in [0, 0.1) is 0 Å². The summed E-state index contributed by atoms with van der Waals surface area (Å²) in [6.45, 7) is 5.21. The van der Waals surface area contributed by atoms with Crippen molar-refractivity contribution in [2.45, 2.75) is 35.2 Å². The highest BCUT2D eigenvalue weighted by Crippen LogP contribution is 2.29. The van der Waals surface area contributed by atoms with Crippen molar-refractivity contribution in [1.29, 1.82) is 0 Å². The van der Waals surface area contributed by atoms with Gasteiger partial charge in [0.05, 0.1) is 11.0 Å². The smallest absolute Gasteiger partial charge is 0.241 e. The molecule has 1 aliphatic heterocycles. The minimum Gasteiger partial charge on any atom is -0.388 e. The van der Waals surface area contributed by atoms with E-state index in [-0.39, 0.29) is 4.90 Å². The normalized spacial score (nSPS) is 16.4. The Labute approximate surface area is 190 Å². The molecule has 1 saturated heterocycles. The first-order chi connectivity index (χ1) is 14.9. The maximum absolute atomic E-state index is 12.3. The van der Waals surface area contributed by atoms with Gasteiger partial charge in [-0.2, -0.15) is 0 Å². The van der Waals surface area contributed by atoms with Gasteiger partial charge < -0.3 is 10.0 Å². The van der Waals surface area contributed by atoms with Crippen LogP contribution in [0.4, 0.5) is 5.69 Å². The number of sulfonamides is 1. The Morgan fingerprint density at radius 2 is 1.77 bits per heavy atom. The molecule has 1 fully saturated rings. The van der Waals surface area contributed by atoms with Crippen molar-refractivity contribution in [3.8, 4) is 0 Å². The fourth-order valence-corrected chi connectivity index (χ4v) is 5.82. The number of anilines is 1. The molecule has 1 unspecified atom stereocenters. The van der Waals surface area contributed by atoms with Gasteiger partial charge in [0.1, 0.15) is 0 Å². The number of aliphatic hydroxyl groups excluding tert-OH is 1. The van der Waals surface area contributed by atoms with Crippen LogP contribution in [-0.4, -0.2) is 64.5 Å². The van der Waals surface area contributed by atoms with Crippen LogP contribution >= 0.6 is 11.8 Å². The molecule has 2 aromatic rings. The largest absolute Gasteiger partial charge is 0.388 e. The number of para-hydroxylation sites is 1. The van der Waals surface area contributed by atoms with Crippen molar-refractivity contribution in [2.24, 2.45) is 0 Å². The number of thioether (sulfide) groups is 1. The number of hydrogen-bond acceptors (Lipinski definition) is 6. The minimum absolute atomic E-state index is 0.232. The molecule has 2 aromatic carbocycles. The first-order valence-electron chi connectivity index (χ1n) is 10.8. The SMILES string of the molecule is CNS(=O)(=O)c1cc(C(O)CCCCN2CCN(c3ccccc3)CC2)ccc1SC. The van der Waals surface area contributed by atoms with Crippen molar-refractivity contribution < 1.29 is 13.5 Å². The van der Waals surface area contributed by atoms with Crippen molar-refractivity contribution in [3.05, 3.63) is 54.1 Å². The summed E-state index contributed by atoms with van der Waals surface area (Å²) in [6.07, 6.45) is 3.74. The third-order valence-corrected chi connectivity index (χ3v) is 8.21. The number of unbranched alkanes of at least 4 members (excludes halogenated alkanes) is 1. The Morgan fingerprint density at radius 1 is 1.06 bits per heavy atom. The summed E-state index contributed by atoms with van der Waals surface area (Å²) in [7, 11) is -2.15. The zero-order valence-electron chi connectivity index (χ0n) is 18.3. The molecule has 0 aromatic heterocycles. The van der Waals surface area contributed by atoms with Gasteiger partial charge in [-0.25, -0.2) is 13.1 Å². The van der Waals surface area contributed by atoms with E-state index in [1.54, 1.807) is 12.1 Å². The summed E-state index contributed by atoms with van der Waals surface area (Å²) < 4.78 is 26.9. The summed E-state index contributed by atoms with van der Waals surface area (Å²) in [5.41, 5.74) is 1.94. The van der Waals surface area contributed by atoms with Crippen LogP contribution in [0.25, 0.3) is 0 Å². The van der Waals surface area contributed by atoms with Crippen LogP contribution in [0.2, 0.25) is 0 Å². The number of nitrogens with zero attached hydrogens (tertiary/aromatic N) is 2. The van der Waals surface area contributed by atoms with Crippen LogP contribution in [0.3, 0.4) is 0 Å². The molecule has 170 valence electrons. The van der Waals surface area contributed by atoms with E-state index in [1.807, 2.05) is 18.4 Å². The molecule has 3 rings (SSSR count). The Kier molecular flexibility index (Phi) is 8.80. The van der Waals surface area contributed by atoms with Gasteiger partial charge in [-0.05, 0) is 68.9 Å². The number of hydrogen-bond donors (Lipinski definition) is 2. The second kappa shape index (κ2) is 11.3. The van der Waals surface area contributed by atoms with Crippen molar-refractivity contribution in [3.63, 3.8) is 0 Å². The van der Waals surface area contributed by atoms with Gasteiger partial charge in [-0.1, -0.05) is 24.3 Å². The molecule has 1 atom stereocenters. The molecule has 2 N–H and O–H groups in total. The third-order valence-electron chi connectivity index (χ3n) is 5.83. The molecule has 31 heavy (non-hydrogen) atoms. The van der Waals surface area contributed by atoms with Crippen LogP contribution < -0.4 is 9.62 Å². The molecule has 0 radical (unpaired) electrons. The van der Waals surface area contributed by atoms with E-state index in [0.717, 1.165) is 45.6 Å². The molecule has 0 aliphatic carbocycles. The van der Waals surface area contributed by atoms with Gasteiger partial charge >= 0.3 is 0 Å². The zero-order chi connectivity index (χ0) is 22.3. The predicted molar refractivity (Wildman–Crippen MR) is 128 cm³/mol. The molecule has 0 spiro atoms. The van der Waals surface area contributed by atoms with Crippen LogP contribution in [0.5, 0.6) is 0 Å². The van der Waals surface area contributed by atoms with Crippen molar-refractivity contribution in [1.82, 2.24) is 9.62 Å². The van der Waals surface area contributed by atoms with E-state index in [4.69, 9.17) is 0 Å². The molecule has 1 aliphatic rings. The summed E-state index contributed by atoms with van der Waals surface area (Å²) in [4.78, 5) is 5.82. The fourth-order valence-electron chi connectivity index (χ4n) is 3.93. The molecular weight excluding hydrogens is 430 g/mol. The number of benzene rings is 2. The van der Waals surface area contributed by atoms with E-state index in [9.17, 15) is 13.5 Å². The zero-order valence-corrected chi connectivity index (χ0v) is 20.0. The van der Waals surface area contributed by atoms with Crippen molar-refractivity contribution >= 4 is 27.5 Å². The lowest BCUT2D eigenvalue weighted by Crippen LogP contribution is -2.46. The van der Waals surface area contributed by atoms with Crippen LogP contribution in [0.1, 0.15) is 30.9 Å².